The van der Waals surface area contributed by atoms with E-state index in [4.69, 9.17) is 21.1 Å². The molecule has 168 valence electrons. The number of urea groups is 1. The zero-order chi connectivity index (χ0) is 23.3. The molecular formula is C22H22ClN3O6. The quantitative estimate of drug-likeness (QED) is 0.359. The Balaban J connectivity index is 2.06. The number of nitrogens with one attached hydrogen (secondary N) is 1. The van der Waals surface area contributed by atoms with E-state index in [2.05, 4.69) is 5.32 Å². The summed E-state index contributed by atoms with van der Waals surface area (Å²) in [5.41, 5.74) is 0.947. The number of carbonyl (C=O) groups is 2. The molecule has 2 aromatic rings. The van der Waals surface area contributed by atoms with Crippen LogP contribution >= 0.6 is 11.6 Å². The molecule has 0 spiro atoms. The van der Waals surface area contributed by atoms with Crippen molar-refractivity contribution in [3.8, 4) is 5.75 Å². The third-order valence-corrected chi connectivity index (χ3v) is 5.09. The van der Waals surface area contributed by atoms with Crippen molar-refractivity contribution in [2.45, 2.75) is 19.9 Å². The molecule has 0 fully saturated rings. The van der Waals surface area contributed by atoms with Crippen LogP contribution in [0.3, 0.4) is 0 Å². The number of hydrogen-bond acceptors (Lipinski definition) is 6. The van der Waals surface area contributed by atoms with Crippen molar-refractivity contribution in [1.29, 1.82) is 0 Å². The third kappa shape index (κ3) is 5.00. The molecule has 9 nitrogen and oxygen atoms in total. The monoisotopic (exact) mass is 459 g/mol. The average molecular weight is 460 g/mol. The summed E-state index contributed by atoms with van der Waals surface area (Å²) in [5.74, 6) is -0.138. The van der Waals surface area contributed by atoms with Gasteiger partial charge in [0.15, 0.2) is 0 Å². The maximum Gasteiger partial charge on any atom is 0.338 e. The summed E-state index contributed by atoms with van der Waals surface area (Å²) in [5, 5.41) is 14.3. The van der Waals surface area contributed by atoms with Crippen LogP contribution in [0.1, 0.15) is 25.5 Å². The number of hydrogen-bond donors (Lipinski definition) is 1. The first-order valence-corrected chi connectivity index (χ1v) is 10.3. The smallest absolute Gasteiger partial charge is 0.338 e. The van der Waals surface area contributed by atoms with Crippen LogP contribution in [0.4, 0.5) is 10.5 Å². The fourth-order valence-corrected chi connectivity index (χ4v) is 3.57. The Bertz CT molecular complexity index is 1050. The molecule has 0 unspecified atom stereocenters. The van der Waals surface area contributed by atoms with E-state index < -0.39 is 23.0 Å². The van der Waals surface area contributed by atoms with Gasteiger partial charge in [-0.3, -0.25) is 15.0 Å². The van der Waals surface area contributed by atoms with E-state index in [1.54, 1.807) is 38.1 Å². The zero-order valence-electron chi connectivity index (χ0n) is 17.5. The number of amides is 2. The van der Waals surface area contributed by atoms with Crippen LogP contribution < -0.4 is 10.1 Å². The maximum absolute atomic E-state index is 13.0. The molecule has 1 N–H and O–H groups in total. The van der Waals surface area contributed by atoms with Gasteiger partial charge in [-0.1, -0.05) is 17.7 Å². The van der Waals surface area contributed by atoms with Gasteiger partial charge in [-0.05, 0) is 49.7 Å². The van der Waals surface area contributed by atoms with Gasteiger partial charge >= 0.3 is 12.0 Å². The van der Waals surface area contributed by atoms with Crippen molar-refractivity contribution >= 4 is 29.3 Å². The molecule has 0 saturated heterocycles. The Morgan fingerprint density at radius 2 is 1.94 bits per heavy atom. The van der Waals surface area contributed by atoms with Gasteiger partial charge in [-0.2, -0.15) is 0 Å². The number of ether oxygens (including phenoxy) is 2. The van der Waals surface area contributed by atoms with Crippen LogP contribution in [-0.4, -0.2) is 41.6 Å². The first-order chi connectivity index (χ1) is 15.3. The lowest BCUT2D eigenvalue weighted by atomic mass is 9.94. The minimum Gasteiger partial charge on any atom is -0.487 e. The second kappa shape index (κ2) is 10.1. The lowest BCUT2D eigenvalue weighted by Crippen LogP contribution is -2.49. The van der Waals surface area contributed by atoms with Crippen LogP contribution in [-0.2, 0) is 9.53 Å². The number of benzene rings is 2. The van der Waals surface area contributed by atoms with E-state index in [-0.39, 0.29) is 31.0 Å². The van der Waals surface area contributed by atoms with Crippen LogP contribution in [0.25, 0.3) is 0 Å². The minimum absolute atomic E-state index is 0.0841. The maximum atomic E-state index is 13.0. The highest BCUT2D eigenvalue weighted by Crippen LogP contribution is 2.33. The molecule has 0 bridgehead atoms. The molecule has 0 aromatic heterocycles. The number of nitro benzene ring substituents is 1. The first kappa shape index (κ1) is 23.1. The molecule has 3 rings (SSSR count). The van der Waals surface area contributed by atoms with Gasteiger partial charge in [0.05, 0.1) is 28.8 Å². The molecule has 0 saturated carbocycles. The Kier molecular flexibility index (Phi) is 7.32. The number of likely N-dealkylation sites (N-methyl/N-ethyl adjacent to an activating group) is 1. The predicted molar refractivity (Wildman–Crippen MR) is 117 cm³/mol. The van der Waals surface area contributed by atoms with Crippen LogP contribution in [0.2, 0.25) is 5.02 Å². The highest BCUT2D eigenvalue weighted by Gasteiger charge is 2.38. The molecule has 2 amide bonds. The molecule has 1 aliphatic rings. The average Bonchev–Trinajstić information content (AvgIpc) is 2.77. The fraction of sp³-hybridized carbons (Fsp3) is 0.273. The Hall–Kier alpha value is -3.59. The SMILES string of the molecule is CCOC(=O)C1=C(COc2cccc(Cl)c2)N(CC)C(=O)N[C@H]1c1ccc([N+](=O)[O-])cc1. The van der Waals surface area contributed by atoms with Gasteiger partial charge in [0.2, 0.25) is 0 Å². The van der Waals surface area contributed by atoms with E-state index in [9.17, 15) is 19.7 Å². The second-order valence-corrected chi connectivity index (χ2v) is 7.24. The zero-order valence-corrected chi connectivity index (χ0v) is 18.3. The summed E-state index contributed by atoms with van der Waals surface area (Å²) in [7, 11) is 0. The summed E-state index contributed by atoms with van der Waals surface area (Å²) < 4.78 is 11.1. The first-order valence-electron chi connectivity index (χ1n) is 9.96. The number of halogens is 1. The van der Waals surface area contributed by atoms with E-state index >= 15 is 0 Å². The van der Waals surface area contributed by atoms with Crippen LogP contribution in [0.5, 0.6) is 5.75 Å². The molecule has 0 aliphatic carbocycles. The van der Waals surface area contributed by atoms with Gasteiger partial charge in [0, 0.05) is 23.7 Å². The summed E-state index contributed by atoms with van der Waals surface area (Å²) in [6.07, 6.45) is 0. The molecule has 32 heavy (non-hydrogen) atoms. The highest BCUT2D eigenvalue weighted by atomic mass is 35.5. The molecule has 0 radical (unpaired) electrons. The summed E-state index contributed by atoms with van der Waals surface area (Å²) in [4.78, 5) is 37.7. The summed E-state index contributed by atoms with van der Waals surface area (Å²) >= 11 is 6.02. The summed E-state index contributed by atoms with van der Waals surface area (Å²) in [6.45, 7) is 3.79. The lowest BCUT2D eigenvalue weighted by molar-refractivity contribution is -0.384. The van der Waals surface area contributed by atoms with Crippen molar-refractivity contribution in [3.05, 3.63) is 80.5 Å². The van der Waals surface area contributed by atoms with Crippen molar-refractivity contribution in [3.63, 3.8) is 0 Å². The van der Waals surface area contributed by atoms with Gasteiger partial charge in [0.25, 0.3) is 5.69 Å². The van der Waals surface area contributed by atoms with E-state index in [1.165, 1.54) is 29.2 Å². The van der Waals surface area contributed by atoms with Crippen molar-refractivity contribution in [1.82, 2.24) is 10.2 Å². The molecule has 1 atom stereocenters. The predicted octanol–water partition coefficient (Wildman–Crippen LogP) is 4.23. The molecule has 1 heterocycles. The van der Waals surface area contributed by atoms with E-state index in [0.29, 0.717) is 22.0 Å². The lowest BCUT2D eigenvalue weighted by Gasteiger charge is -2.36. The Morgan fingerprint density at radius 1 is 1.22 bits per heavy atom. The van der Waals surface area contributed by atoms with Gasteiger partial charge < -0.3 is 14.8 Å². The van der Waals surface area contributed by atoms with Crippen molar-refractivity contribution < 1.29 is 24.0 Å². The fourth-order valence-electron chi connectivity index (χ4n) is 3.39. The topological polar surface area (TPSA) is 111 Å². The normalized spacial score (nSPS) is 15.9. The summed E-state index contributed by atoms with van der Waals surface area (Å²) in [6, 6.07) is 11.1. The molecule has 10 heteroatoms. The number of nitro groups is 1. The molecular weight excluding hydrogens is 438 g/mol. The number of carbonyl (C=O) groups excluding carboxylic acids is 2. The minimum atomic E-state index is -0.858. The van der Waals surface area contributed by atoms with Gasteiger partial charge in [-0.25, -0.2) is 9.59 Å². The van der Waals surface area contributed by atoms with Gasteiger partial charge in [0.1, 0.15) is 12.4 Å². The molecule has 2 aromatic carbocycles. The highest BCUT2D eigenvalue weighted by molar-refractivity contribution is 6.30. The number of non-ortho nitro benzene ring substituents is 1. The Labute approximate surface area is 189 Å². The Morgan fingerprint density at radius 3 is 2.53 bits per heavy atom. The van der Waals surface area contributed by atoms with Gasteiger partial charge in [-0.15, -0.1) is 0 Å². The number of rotatable bonds is 8. The van der Waals surface area contributed by atoms with E-state index in [1.807, 2.05) is 0 Å². The largest absolute Gasteiger partial charge is 0.487 e. The van der Waals surface area contributed by atoms with Crippen LogP contribution in [0, 0.1) is 10.1 Å². The van der Waals surface area contributed by atoms with Crippen LogP contribution in [0.15, 0.2) is 59.8 Å². The molecule has 1 aliphatic heterocycles. The third-order valence-electron chi connectivity index (χ3n) is 4.86. The van der Waals surface area contributed by atoms with E-state index in [0.717, 1.165) is 0 Å². The number of nitrogens with zero attached hydrogens (tertiary/aromatic N) is 2. The second-order valence-electron chi connectivity index (χ2n) is 6.80. The van der Waals surface area contributed by atoms with Crippen molar-refractivity contribution in [2.24, 2.45) is 0 Å². The standard InChI is InChI=1S/C22H22ClN3O6/c1-3-25-18(13-32-17-7-5-6-15(23)12-17)19(21(27)31-4-2)20(24-22(25)28)14-8-10-16(11-9-14)26(29)30/h5-12,20H,3-4,13H2,1-2H3,(H,24,28)/t20-/m0/s1. The van der Waals surface area contributed by atoms with Crippen molar-refractivity contribution in [2.75, 3.05) is 19.8 Å². The number of esters is 1.